The molecule has 0 saturated carbocycles. The van der Waals surface area contributed by atoms with Gasteiger partial charge < -0.3 is 4.74 Å². The van der Waals surface area contributed by atoms with Crippen LogP contribution in [0.3, 0.4) is 0 Å². The van der Waals surface area contributed by atoms with Crippen molar-refractivity contribution in [3.8, 4) is 28.4 Å². The van der Waals surface area contributed by atoms with E-state index in [1.165, 1.54) is 16.5 Å². The molecule has 45 heavy (non-hydrogen) atoms. The number of benzene rings is 5. The minimum absolute atomic E-state index is 0.750. The predicted octanol–water partition coefficient (Wildman–Crippen LogP) is 9.60. The third-order valence-electron chi connectivity index (χ3n) is 8.83. The monoisotopic (exact) mass is 581 g/mol. The first-order valence-electron chi connectivity index (χ1n) is 15.0. The van der Waals surface area contributed by atoms with Gasteiger partial charge in [0.15, 0.2) is 5.65 Å². The number of nitrogens with zero attached hydrogens (tertiary/aromatic N) is 5. The van der Waals surface area contributed by atoms with E-state index in [1.807, 2.05) is 22.8 Å². The lowest BCUT2D eigenvalue weighted by atomic mass is 10.0. The van der Waals surface area contributed by atoms with E-state index in [0.29, 0.717) is 0 Å². The maximum atomic E-state index is 6.66. The average Bonchev–Trinajstić information content (AvgIpc) is 3.69. The van der Waals surface area contributed by atoms with Gasteiger partial charge in [0.1, 0.15) is 23.6 Å². The summed E-state index contributed by atoms with van der Waals surface area (Å²) in [6.07, 6.45) is 3.50. The van der Waals surface area contributed by atoms with Gasteiger partial charge >= 0.3 is 0 Å². The fourth-order valence-corrected chi connectivity index (χ4v) is 6.69. The van der Waals surface area contributed by atoms with Crippen molar-refractivity contribution < 1.29 is 4.74 Å². The molecule has 0 spiro atoms. The Morgan fingerprint density at radius 1 is 0.578 bits per heavy atom. The number of ether oxygens (including phenoxy) is 1. The lowest BCUT2D eigenvalue weighted by Gasteiger charge is -2.14. The number of rotatable bonds is 4. The van der Waals surface area contributed by atoms with Gasteiger partial charge in [-0.3, -0.25) is 4.57 Å². The zero-order valence-electron chi connectivity index (χ0n) is 24.8. The summed E-state index contributed by atoms with van der Waals surface area (Å²) >= 11 is 0. The normalized spacial score (nSPS) is 11.8. The third-order valence-corrected chi connectivity index (χ3v) is 8.83. The van der Waals surface area contributed by atoms with Crippen molar-refractivity contribution in [3.63, 3.8) is 0 Å². The van der Waals surface area contributed by atoms with E-state index in [9.17, 15) is 0 Å². The number of aromatic nitrogens is 5. The summed E-state index contributed by atoms with van der Waals surface area (Å²) in [6.45, 7) is 4.23. The summed E-state index contributed by atoms with van der Waals surface area (Å²) < 4.78 is 10.8. The van der Waals surface area contributed by atoms with Crippen LogP contribution in [-0.4, -0.2) is 24.1 Å². The Kier molecular flexibility index (Phi) is 5.53. The fraction of sp³-hybridized carbons (Fsp3) is 0.0513. The molecule has 4 heterocycles. The summed E-state index contributed by atoms with van der Waals surface area (Å²) in [6, 6.07) is 40.1. The smallest absolute Gasteiger partial charge is 0.163 e. The number of pyridine rings is 2. The standard InChI is InChI=1S/C39H27N5O/c1-24-9-3-4-10-28(24)26-17-18-40-38(20-26)43-34-14-8-7-12-30(34)31-16-15-27(21-35(31)43)45-37-22-36-33(19-25(37)2)29-11-5-6-13-32(29)39-41-23-42-44(36)39/h3-23H,1-2H3. The fourth-order valence-electron chi connectivity index (χ4n) is 6.69. The van der Waals surface area contributed by atoms with Crippen molar-refractivity contribution in [2.75, 3.05) is 0 Å². The molecule has 0 aliphatic carbocycles. The van der Waals surface area contributed by atoms with Gasteiger partial charge in [0.2, 0.25) is 0 Å². The minimum Gasteiger partial charge on any atom is -0.457 e. The lowest BCUT2D eigenvalue weighted by molar-refractivity contribution is 0.480. The Morgan fingerprint density at radius 2 is 1.36 bits per heavy atom. The van der Waals surface area contributed by atoms with Crippen LogP contribution in [0.4, 0.5) is 0 Å². The molecule has 0 aliphatic heterocycles. The molecule has 0 atom stereocenters. The molecule has 6 nitrogen and oxygen atoms in total. The SMILES string of the molecule is Cc1cc2c3ccccc3c3ncnn3c2cc1Oc1ccc2c3ccccc3n(-c3cc(-c4ccccc4C)ccn3)c2c1. The quantitative estimate of drug-likeness (QED) is 0.194. The molecule has 0 unspecified atom stereocenters. The van der Waals surface area contributed by atoms with Gasteiger partial charge in [-0.25, -0.2) is 14.5 Å². The Bertz CT molecular complexity index is 2610. The van der Waals surface area contributed by atoms with Gasteiger partial charge in [-0.05, 0) is 77.9 Å². The van der Waals surface area contributed by atoms with Crippen LogP contribution in [0.15, 0.2) is 128 Å². The van der Waals surface area contributed by atoms with Gasteiger partial charge in [-0.1, -0.05) is 66.7 Å². The van der Waals surface area contributed by atoms with E-state index in [4.69, 9.17) is 9.72 Å². The number of aryl methyl sites for hydroxylation is 2. The van der Waals surface area contributed by atoms with Crippen LogP contribution in [0.1, 0.15) is 11.1 Å². The van der Waals surface area contributed by atoms with Gasteiger partial charge in [0, 0.05) is 39.9 Å². The van der Waals surface area contributed by atoms with Gasteiger partial charge in [-0.2, -0.15) is 5.10 Å². The molecule has 4 aromatic heterocycles. The molecule has 0 bridgehead atoms. The molecule has 9 rings (SSSR count). The molecule has 0 fully saturated rings. The molecule has 0 saturated heterocycles. The van der Waals surface area contributed by atoms with E-state index in [-0.39, 0.29) is 0 Å². The van der Waals surface area contributed by atoms with E-state index in [1.54, 1.807) is 6.33 Å². The second kappa shape index (κ2) is 9.76. The van der Waals surface area contributed by atoms with E-state index < -0.39 is 0 Å². The molecule has 0 amide bonds. The first-order chi connectivity index (χ1) is 22.1. The summed E-state index contributed by atoms with van der Waals surface area (Å²) in [4.78, 5) is 9.41. The molecular formula is C39H27N5O. The number of hydrogen-bond acceptors (Lipinski definition) is 4. The first kappa shape index (κ1) is 25.5. The first-order valence-corrected chi connectivity index (χ1v) is 15.0. The van der Waals surface area contributed by atoms with Crippen molar-refractivity contribution in [1.82, 2.24) is 24.1 Å². The van der Waals surface area contributed by atoms with Crippen LogP contribution in [0.25, 0.3) is 66.1 Å². The van der Waals surface area contributed by atoms with Crippen LogP contribution < -0.4 is 4.74 Å². The largest absolute Gasteiger partial charge is 0.457 e. The average molecular weight is 582 g/mol. The maximum Gasteiger partial charge on any atom is 0.163 e. The Balaban J connectivity index is 1.21. The Hall–Kier alpha value is -6.01. The van der Waals surface area contributed by atoms with E-state index in [0.717, 1.165) is 72.2 Å². The second-order valence-corrected chi connectivity index (χ2v) is 11.5. The van der Waals surface area contributed by atoms with Gasteiger partial charge in [0.25, 0.3) is 0 Å². The molecule has 0 radical (unpaired) electrons. The Labute approximate surface area is 258 Å². The van der Waals surface area contributed by atoms with Crippen LogP contribution in [0.5, 0.6) is 11.5 Å². The van der Waals surface area contributed by atoms with Gasteiger partial charge in [-0.15, -0.1) is 0 Å². The molecule has 0 N–H and O–H groups in total. The van der Waals surface area contributed by atoms with Crippen LogP contribution in [0.2, 0.25) is 0 Å². The number of fused-ring (bicyclic) bond motifs is 9. The maximum absolute atomic E-state index is 6.66. The molecular weight excluding hydrogens is 554 g/mol. The molecule has 5 aromatic carbocycles. The predicted molar refractivity (Wildman–Crippen MR) is 182 cm³/mol. The van der Waals surface area contributed by atoms with E-state index in [2.05, 4.69) is 132 Å². The lowest BCUT2D eigenvalue weighted by Crippen LogP contribution is -1.98. The van der Waals surface area contributed by atoms with Crippen LogP contribution in [0, 0.1) is 13.8 Å². The topological polar surface area (TPSA) is 57.2 Å². The zero-order valence-corrected chi connectivity index (χ0v) is 24.8. The summed E-state index contributed by atoms with van der Waals surface area (Å²) in [5.41, 5.74) is 8.53. The number of para-hydroxylation sites is 1. The Morgan fingerprint density at radius 3 is 2.24 bits per heavy atom. The van der Waals surface area contributed by atoms with Gasteiger partial charge in [0.05, 0.1) is 16.6 Å². The van der Waals surface area contributed by atoms with Crippen LogP contribution in [-0.2, 0) is 0 Å². The minimum atomic E-state index is 0.750. The summed E-state index contributed by atoms with van der Waals surface area (Å²) in [5.74, 6) is 2.39. The highest BCUT2D eigenvalue weighted by Crippen LogP contribution is 2.38. The molecule has 214 valence electrons. The van der Waals surface area contributed by atoms with Crippen LogP contribution >= 0.6 is 0 Å². The number of hydrogen-bond donors (Lipinski definition) is 0. The van der Waals surface area contributed by atoms with Crippen molar-refractivity contribution in [2.24, 2.45) is 0 Å². The summed E-state index contributed by atoms with van der Waals surface area (Å²) in [5, 5.41) is 10.2. The highest BCUT2D eigenvalue weighted by Gasteiger charge is 2.17. The molecule has 6 heteroatoms. The van der Waals surface area contributed by atoms with Crippen molar-refractivity contribution in [2.45, 2.75) is 13.8 Å². The molecule has 0 aliphatic rings. The van der Waals surface area contributed by atoms with E-state index >= 15 is 0 Å². The molecule has 9 aromatic rings. The van der Waals surface area contributed by atoms with Crippen molar-refractivity contribution in [3.05, 3.63) is 139 Å². The third kappa shape index (κ3) is 3.92. The van der Waals surface area contributed by atoms with Crippen molar-refractivity contribution >= 4 is 49.1 Å². The highest BCUT2D eigenvalue weighted by atomic mass is 16.5. The summed E-state index contributed by atoms with van der Waals surface area (Å²) in [7, 11) is 0. The zero-order chi connectivity index (χ0) is 30.1. The highest BCUT2D eigenvalue weighted by molar-refractivity contribution is 6.12. The second-order valence-electron chi connectivity index (χ2n) is 11.5. The van der Waals surface area contributed by atoms with Crippen molar-refractivity contribution in [1.29, 1.82) is 0 Å².